The summed E-state index contributed by atoms with van der Waals surface area (Å²) in [5, 5.41) is 0. The van der Waals surface area contributed by atoms with Gasteiger partial charge in [0.05, 0.1) is 0 Å². The van der Waals surface area contributed by atoms with E-state index in [9.17, 15) is 0 Å². The van der Waals surface area contributed by atoms with Gasteiger partial charge < -0.3 is 0 Å². The fourth-order valence-electron chi connectivity index (χ4n) is 1.42. The van der Waals surface area contributed by atoms with E-state index in [1.807, 2.05) is 0 Å². The van der Waals surface area contributed by atoms with Gasteiger partial charge in [0.1, 0.15) is 0 Å². The molecule has 0 saturated carbocycles. The summed E-state index contributed by atoms with van der Waals surface area (Å²) in [6.07, 6.45) is 2.20. The molecule has 0 aliphatic rings. The van der Waals surface area contributed by atoms with Crippen molar-refractivity contribution in [2.24, 2.45) is 5.41 Å². The Balaban J connectivity index is 2.51. The molecule has 0 nitrogen and oxygen atoms in total. The first kappa shape index (κ1) is 12.0. The van der Waals surface area contributed by atoms with Crippen LogP contribution in [-0.2, 0) is 6.42 Å². The molecule has 1 aromatic rings. The standard InChI is InChI=1S/C15H22/c1-12-6-9-14(10-7-12)11-8-13(2)15(3,4)5/h6-7,9-10H,2,8,11H2,1,3-5H3. The molecule has 1 rings (SSSR count). The summed E-state index contributed by atoms with van der Waals surface area (Å²) >= 11 is 0. The van der Waals surface area contributed by atoms with Crippen LogP contribution in [0, 0.1) is 12.3 Å². The Hall–Kier alpha value is -1.04. The van der Waals surface area contributed by atoms with Crippen molar-refractivity contribution in [3.63, 3.8) is 0 Å². The van der Waals surface area contributed by atoms with Crippen LogP contribution in [0.5, 0.6) is 0 Å². The monoisotopic (exact) mass is 202 g/mol. The van der Waals surface area contributed by atoms with Crippen molar-refractivity contribution in [2.75, 3.05) is 0 Å². The lowest BCUT2D eigenvalue weighted by Crippen LogP contribution is -2.08. The zero-order valence-electron chi connectivity index (χ0n) is 10.4. The van der Waals surface area contributed by atoms with Crippen molar-refractivity contribution in [3.05, 3.63) is 47.5 Å². The van der Waals surface area contributed by atoms with Gasteiger partial charge >= 0.3 is 0 Å². The van der Waals surface area contributed by atoms with Gasteiger partial charge in [0.2, 0.25) is 0 Å². The molecule has 0 aromatic heterocycles. The average Bonchev–Trinajstić information content (AvgIpc) is 2.15. The smallest absolute Gasteiger partial charge is 0.0176 e. The third-order valence-corrected chi connectivity index (χ3v) is 2.90. The number of hydrogen-bond acceptors (Lipinski definition) is 0. The van der Waals surface area contributed by atoms with Crippen molar-refractivity contribution >= 4 is 0 Å². The summed E-state index contributed by atoms with van der Waals surface area (Å²) in [6.45, 7) is 13.0. The lowest BCUT2D eigenvalue weighted by Gasteiger charge is -2.21. The van der Waals surface area contributed by atoms with E-state index in [4.69, 9.17) is 0 Å². The lowest BCUT2D eigenvalue weighted by atomic mass is 9.84. The Kier molecular flexibility index (Phi) is 3.73. The molecule has 0 saturated heterocycles. The van der Waals surface area contributed by atoms with Crippen LogP contribution in [0.25, 0.3) is 0 Å². The maximum Gasteiger partial charge on any atom is -0.0176 e. The molecule has 0 bridgehead atoms. The summed E-state index contributed by atoms with van der Waals surface area (Å²) < 4.78 is 0. The van der Waals surface area contributed by atoms with Crippen LogP contribution in [0.15, 0.2) is 36.4 Å². The second-order valence-corrected chi connectivity index (χ2v) is 5.34. The van der Waals surface area contributed by atoms with E-state index in [2.05, 4.69) is 58.5 Å². The van der Waals surface area contributed by atoms with Gasteiger partial charge in [-0.2, -0.15) is 0 Å². The normalized spacial score (nSPS) is 11.5. The highest BCUT2D eigenvalue weighted by atomic mass is 14.2. The average molecular weight is 202 g/mol. The van der Waals surface area contributed by atoms with Crippen LogP contribution in [0.4, 0.5) is 0 Å². The molecule has 0 radical (unpaired) electrons. The third-order valence-electron chi connectivity index (χ3n) is 2.90. The fraction of sp³-hybridized carbons (Fsp3) is 0.467. The number of aryl methyl sites for hydroxylation is 2. The number of benzene rings is 1. The molecular formula is C15H22. The summed E-state index contributed by atoms with van der Waals surface area (Å²) in [6, 6.07) is 8.78. The van der Waals surface area contributed by atoms with Crippen LogP contribution in [0.2, 0.25) is 0 Å². The minimum Gasteiger partial charge on any atom is -0.0993 e. The molecular weight excluding hydrogens is 180 g/mol. The van der Waals surface area contributed by atoms with Gasteiger partial charge in [-0.25, -0.2) is 0 Å². The Labute approximate surface area is 94.0 Å². The first-order valence-electron chi connectivity index (χ1n) is 5.63. The lowest BCUT2D eigenvalue weighted by molar-refractivity contribution is 0.484. The topological polar surface area (TPSA) is 0 Å². The number of hydrogen-bond donors (Lipinski definition) is 0. The zero-order valence-corrected chi connectivity index (χ0v) is 10.4. The molecule has 0 heteroatoms. The molecule has 1 aromatic carbocycles. The Morgan fingerprint density at radius 2 is 1.67 bits per heavy atom. The van der Waals surface area contributed by atoms with E-state index >= 15 is 0 Å². The van der Waals surface area contributed by atoms with Crippen LogP contribution in [-0.4, -0.2) is 0 Å². The quantitative estimate of drug-likeness (QED) is 0.632. The highest BCUT2D eigenvalue weighted by Crippen LogP contribution is 2.27. The van der Waals surface area contributed by atoms with Gasteiger partial charge in [0.25, 0.3) is 0 Å². The molecule has 15 heavy (non-hydrogen) atoms. The predicted molar refractivity (Wildman–Crippen MR) is 68.1 cm³/mol. The highest BCUT2D eigenvalue weighted by Gasteiger charge is 2.13. The molecule has 0 fully saturated rings. The van der Waals surface area contributed by atoms with E-state index in [-0.39, 0.29) is 5.41 Å². The predicted octanol–water partition coefficient (Wildman–Crippen LogP) is 4.53. The Morgan fingerprint density at radius 1 is 1.13 bits per heavy atom. The Bertz CT molecular complexity index is 322. The molecule has 0 N–H and O–H groups in total. The van der Waals surface area contributed by atoms with Crippen molar-refractivity contribution < 1.29 is 0 Å². The van der Waals surface area contributed by atoms with E-state index in [1.54, 1.807) is 0 Å². The van der Waals surface area contributed by atoms with Crippen LogP contribution < -0.4 is 0 Å². The van der Waals surface area contributed by atoms with Crippen LogP contribution >= 0.6 is 0 Å². The van der Waals surface area contributed by atoms with Gasteiger partial charge in [-0.05, 0) is 30.7 Å². The maximum atomic E-state index is 4.16. The summed E-state index contributed by atoms with van der Waals surface area (Å²) in [5.41, 5.74) is 4.31. The molecule has 0 aliphatic carbocycles. The molecule has 0 amide bonds. The summed E-state index contributed by atoms with van der Waals surface area (Å²) in [5.74, 6) is 0. The molecule has 82 valence electrons. The minimum atomic E-state index is 0.241. The van der Waals surface area contributed by atoms with Crippen molar-refractivity contribution in [1.29, 1.82) is 0 Å². The third kappa shape index (κ3) is 3.91. The second-order valence-electron chi connectivity index (χ2n) is 5.34. The van der Waals surface area contributed by atoms with Crippen molar-refractivity contribution in [3.8, 4) is 0 Å². The van der Waals surface area contributed by atoms with Gasteiger partial charge in [-0.15, -0.1) is 0 Å². The zero-order chi connectivity index (χ0) is 11.5. The first-order valence-corrected chi connectivity index (χ1v) is 5.63. The summed E-state index contributed by atoms with van der Waals surface area (Å²) in [7, 11) is 0. The van der Waals surface area contributed by atoms with E-state index in [0.29, 0.717) is 0 Å². The Morgan fingerprint density at radius 3 is 2.13 bits per heavy atom. The molecule has 0 atom stereocenters. The fourth-order valence-corrected chi connectivity index (χ4v) is 1.42. The van der Waals surface area contributed by atoms with Crippen LogP contribution in [0.1, 0.15) is 38.3 Å². The van der Waals surface area contributed by atoms with Crippen molar-refractivity contribution in [2.45, 2.75) is 40.5 Å². The minimum absolute atomic E-state index is 0.241. The number of rotatable bonds is 3. The largest absolute Gasteiger partial charge is 0.0993 e. The molecule has 0 unspecified atom stereocenters. The van der Waals surface area contributed by atoms with Gasteiger partial charge in [0, 0.05) is 0 Å². The van der Waals surface area contributed by atoms with Crippen LogP contribution in [0.3, 0.4) is 0 Å². The second kappa shape index (κ2) is 4.65. The molecule has 0 spiro atoms. The molecule has 0 heterocycles. The van der Waals surface area contributed by atoms with E-state index in [0.717, 1.165) is 12.8 Å². The van der Waals surface area contributed by atoms with Gasteiger partial charge in [0.15, 0.2) is 0 Å². The number of allylic oxidation sites excluding steroid dienone is 1. The summed E-state index contributed by atoms with van der Waals surface area (Å²) in [4.78, 5) is 0. The maximum absolute atomic E-state index is 4.16. The highest BCUT2D eigenvalue weighted by molar-refractivity contribution is 5.22. The SMILES string of the molecule is C=C(CCc1ccc(C)cc1)C(C)(C)C. The van der Waals surface area contributed by atoms with E-state index in [1.165, 1.54) is 16.7 Å². The van der Waals surface area contributed by atoms with Crippen molar-refractivity contribution in [1.82, 2.24) is 0 Å². The van der Waals surface area contributed by atoms with E-state index < -0.39 is 0 Å². The molecule has 0 aliphatic heterocycles. The van der Waals surface area contributed by atoms with Gasteiger partial charge in [-0.3, -0.25) is 0 Å². The van der Waals surface area contributed by atoms with Gasteiger partial charge in [-0.1, -0.05) is 62.8 Å². The first-order chi connectivity index (χ1) is 6.89.